The summed E-state index contributed by atoms with van der Waals surface area (Å²) in [5.74, 6) is -6.02. The quantitative estimate of drug-likeness (QED) is 0.336. The van der Waals surface area contributed by atoms with Gasteiger partial charge in [-0.3, -0.25) is 14.2 Å². The van der Waals surface area contributed by atoms with Crippen molar-refractivity contribution >= 4 is 39.6 Å². The van der Waals surface area contributed by atoms with Crippen LogP contribution in [0.4, 0.5) is 17.1 Å². The van der Waals surface area contributed by atoms with Gasteiger partial charge in [0.1, 0.15) is 21.4 Å². The van der Waals surface area contributed by atoms with Crippen molar-refractivity contribution in [3.8, 4) is 5.69 Å². The molecule has 0 saturated carbocycles. The predicted octanol–water partition coefficient (Wildman–Crippen LogP) is 3.97. The summed E-state index contributed by atoms with van der Waals surface area (Å²) >= 11 is -2.39. The van der Waals surface area contributed by atoms with E-state index < -0.39 is 51.6 Å². The molecule has 0 aromatic heterocycles. The van der Waals surface area contributed by atoms with Gasteiger partial charge in [0.2, 0.25) is 17.6 Å². The van der Waals surface area contributed by atoms with Crippen LogP contribution in [-0.4, -0.2) is 22.1 Å². The van der Waals surface area contributed by atoms with Crippen molar-refractivity contribution in [1.29, 1.82) is 0 Å². The number of pyridine rings is 1. The van der Waals surface area contributed by atoms with Crippen molar-refractivity contribution in [3.63, 3.8) is 0 Å². The molecule has 1 aliphatic carbocycles. The second-order valence-electron chi connectivity index (χ2n) is 5.89. The lowest BCUT2D eigenvalue weighted by Gasteiger charge is -2.24. The highest BCUT2D eigenvalue weighted by molar-refractivity contribution is 8.03. The van der Waals surface area contributed by atoms with Gasteiger partial charge in [-0.1, -0.05) is 0 Å². The highest BCUT2D eigenvalue weighted by atomic mass is 32.2. The van der Waals surface area contributed by atoms with Gasteiger partial charge in [0, 0.05) is 11.8 Å². The fraction of sp³-hybridized carbons (Fsp3) is 0.125. The summed E-state index contributed by atoms with van der Waals surface area (Å²) < 4.78 is 66.1. The molecule has 0 saturated heterocycles. The van der Waals surface area contributed by atoms with E-state index in [1.807, 2.05) is 0 Å². The molecule has 0 bridgehead atoms. The summed E-state index contributed by atoms with van der Waals surface area (Å²) in [6.07, 6.45) is -0.144. The molecule has 4 aliphatic rings. The highest BCUT2D eigenvalue weighted by Crippen LogP contribution is 2.41. The Labute approximate surface area is 144 Å². The highest BCUT2D eigenvalue weighted by Gasteiger charge is 2.36. The molecule has 132 valence electrons. The van der Waals surface area contributed by atoms with Gasteiger partial charge in [-0.25, -0.2) is 4.39 Å². The largest absolute Gasteiger partial charge is 0.446 e. The molecule has 10 heteroatoms. The van der Waals surface area contributed by atoms with Crippen LogP contribution >= 0.6 is 11.1 Å². The van der Waals surface area contributed by atoms with Crippen LogP contribution in [0.3, 0.4) is 0 Å². The van der Waals surface area contributed by atoms with Crippen LogP contribution in [0.25, 0.3) is 16.7 Å². The van der Waals surface area contributed by atoms with Crippen molar-refractivity contribution in [2.45, 2.75) is 12.8 Å². The number of aromatic nitrogens is 1. The molecule has 0 N–H and O–H groups in total. The maximum Gasteiger partial charge on any atom is 0.265 e. The summed E-state index contributed by atoms with van der Waals surface area (Å²) in [7, 11) is 0. The number of hydrogen-bond donors (Lipinski definition) is 0. The Bertz CT molecular complexity index is 1270. The lowest BCUT2D eigenvalue weighted by Crippen LogP contribution is -2.27. The van der Waals surface area contributed by atoms with Crippen molar-refractivity contribution in [2.75, 3.05) is 0 Å². The smallest absolute Gasteiger partial charge is 0.265 e. The summed E-state index contributed by atoms with van der Waals surface area (Å²) in [4.78, 5) is 23.9. The third-order valence-electron chi connectivity index (χ3n) is 4.46. The molecule has 5 rings (SSSR count). The number of Topliss-reactive ketones (excluding diaryl/α,β-unsaturated/α-hetero) is 2. The van der Waals surface area contributed by atoms with E-state index >= 15 is 0 Å². The molecule has 26 heavy (non-hydrogen) atoms. The van der Waals surface area contributed by atoms with Crippen molar-refractivity contribution in [1.82, 2.24) is 4.57 Å². The average molecular weight is 382 g/mol. The normalized spacial score (nSPS) is 19.2. The zero-order valence-corrected chi connectivity index (χ0v) is 13.4. The first-order valence-corrected chi connectivity index (χ1v) is 8.51. The first-order chi connectivity index (χ1) is 12.4. The third-order valence-corrected chi connectivity index (χ3v) is 5.51. The van der Waals surface area contributed by atoms with E-state index in [4.69, 9.17) is 4.42 Å². The third kappa shape index (κ3) is 1.77. The van der Waals surface area contributed by atoms with Gasteiger partial charge in [-0.05, 0) is 18.6 Å². The second-order valence-corrected chi connectivity index (χ2v) is 6.93. The van der Waals surface area contributed by atoms with Crippen LogP contribution in [0.5, 0.6) is 0 Å². The Kier molecular flexibility index (Phi) is 2.93. The molecule has 1 aromatic rings. The van der Waals surface area contributed by atoms with Gasteiger partial charge >= 0.3 is 0 Å². The van der Waals surface area contributed by atoms with Crippen LogP contribution in [0.2, 0.25) is 0 Å². The predicted molar refractivity (Wildman–Crippen MR) is 83.9 cm³/mol. The Morgan fingerprint density at radius 3 is 2.69 bits per heavy atom. The molecule has 3 heterocycles. The first-order valence-electron chi connectivity index (χ1n) is 7.43. The number of benzene rings is 1. The van der Waals surface area contributed by atoms with Gasteiger partial charge in [0.15, 0.2) is 17.2 Å². The average Bonchev–Trinajstić information content (AvgIpc) is 2.89. The monoisotopic (exact) mass is 382 g/mol. The Hall–Kier alpha value is -2.75. The maximum absolute atomic E-state index is 14.4. The van der Waals surface area contributed by atoms with Gasteiger partial charge in [-0.2, -0.15) is 13.2 Å². The number of carbonyl (C=O) groups is 2. The number of carbonyl (C=O) groups excluding carboxylic acids is 2. The van der Waals surface area contributed by atoms with E-state index in [-0.39, 0.29) is 39.8 Å². The van der Waals surface area contributed by atoms with Gasteiger partial charge in [0.25, 0.3) is 5.78 Å². The molecule has 1 unspecified atom stereocenters. The molecule has 1 atom stereocenters. The summed E-state index contributed by atoms with van der Waals surface area (Å²) in [5, 5.41) is 0.0535. The number of rotatable bonds is 0. The number of halogens is 4. The summed E-state index contributed by atoms with van der Waals surface area (Å²) in [6, 6.07) is 1.99. The van der Waals surface area contributed by atoms with E-state index in [9.17, 15) is 26.6 Å². The van der Waals surface area contributed by atoms with Crippen molar-refractivity contribution in [3.05, 3.63) is 45.4 Å². The molecule has 5 nitrogen and oxygen atoms in total. The van der Waals surface area contributed by atoms with Gasteiger partial charge in [0.05, 0.1) is 11.3 Å². The number of fused-ring (bicyclic) bond motifs is 4. The number of hydrogen-bond acceptors (Lipinski definition) is 4. The van der Waals surface area contributed by atoms with Crippen molar-refractivity contribution in [2.24, 2.45) is 4.40 Å². The minimum atomic E-state index is -2.39. The van der Waals surface area contributed by atoms with Gasteiger partial charge in [-0.15, -0.1) is 3.89 Å². The second kappa shape index (κ2) is 4.91. The molecule has 0 radical (unpaired) electrons. The van der Waals surface area contributed by atoms with Crippen LogP contribution in [0.15, 0.2) is 20.9 Å². The molecule has 1 aromatic carbocycles. The molecular weight excluding hydrogens is 376 g/mol. The van der Waals surface area contributed by atoms with Crippen LogP contribution in [0, 0.1) is 16.3 Å². The first kappa shape index (κ1) is 15.5. The van der Waals surface area contributed by atoms with Crippen LogP contribution in [-0.2, 0) is 11.2 Å². The molecule has 3 aliphatic heterocycles. The standard InChI is InChI=1S/C16H6F4N2O3S/c17-7-4-5-3-6-15(19)21-26(20)16(6)22-8-1-2-9(23)12(24)13(8)25-14(10(7)18)11(5)22/h3-4H,1-2H2. The summed E-state index contributed by atoms with van der Waals surface area (Å²) in [5.41, 5.74) is -0.786. The Balaban J connectivity index is 2.11. The SMILES string of the molecule is O=C1CCc2c(oc3c(F)c(F)cc4cc5c(n2-c43)=S(F)N=C5F)C1=O. The minimum Gasteiger partial charge on any atom is -0.446 e. The van der Waals surface area contributed by atoms with E-state index in [0.717, 1.165) is 16.7 Å². The lowest BCUT2D eigenvalue weighted by molar-refractivity contribution is -0.115. The van der Waals surface area contributed by atoms with E-state index in [0.29, 0.717) is 0 Å². The topological polar surface area (TPSA) is 64.6 Å². The Morgan fingerprint density at radius 2 is 1.92 bits per heavy atom. The van der Waals surface area contributed by atoms with Crippen molar-refractivity contribution < 1.29 is 31.1 Å². The van der Waals surface area contributed by atoms with E-state index in [1.165, 1.54) is 0 Å². The molecule has 0 spiro atoms. The number of nitrogens with zero attached hydrogens (tertiary/aromatic N) is 2. The molecule has 0 amide bonds. The molecular formula is C16H6F4N2O3S. The summed E-state index contributed by atoms with van der Waals surface area (Å²) in [6.45, 7) is 0. The lowest BCUT2D eigenvalue weighted by atomic mass is 9.97. The van der Waals surface area contributed by atoms with E-state index in [1.54, 1.807) is 0 Å². The minimum absolute atomic E-state index is 0.00732. The fourth-order valence-electron chi connectivity index (χ4n) is 3.36. The Morgan fingerprint density at radius 1 is 1.15 bits per heavy atom. The fourth-order valence-corrected chi connectivity index (χ4v) is 4.36. The van der Waals surface area contributed by atoms with Crippen LogP contribution in [0.1, 0.15) is 28.2 Å². The maximum atomic E-state index is 14.4. The van der Waals surface area contributed by atoms with Gasteiger partial charge < -0.3 is 4.42 Å². The molecule has 0 fully saturated rings. The van der Waals surface area contributed by atoms with Crippen LogP contribution < -0.4 is 0 Å². The number of ketones is 2. The van der Waals surface area contributed by atoms with E-state index in [2.05, 4.69) is 4.40 Å². The zero-order valence-electron chi connectivity index (χ0n) is 12.6. The zero-order chi connectivity index (χ0) is 18.3.